The fourth-order valence-corrected chi connectivity index (χ4v) is 1.79. The van der Waals surface area contributed by atoms with Gasteiger partial charge in [0.1, 0.15) is 15.7 Å². The van der Waals surface area contributed by atoms with Crippen molar-refractivity contribution in [3.8, 4) is 0 Å². The fraction of sp³-hybridized carbons (Fsp3) is 1.00. The molecule has 4 atom stereocenters. The van der Waals surface area contributed by atoms with Crippen molar-refractivity contribution in [2.45, 2.75) is 36.7 Å². The Morgan fingerprint density at radius 3 is 1.89 bits per heavy atom. The molecule has 0 bridgehead atoms. The molecule has 0 radical (unpaired) electrons. The molecule has 1 aliphatic carbocycles. The summed E-state index contributed by atoms with van der Waals surface area (Å²) in [6.07, 6.45) is 3.95. The third-order valence-electron chi connectivity index (χ3n) is 2.87. The molecule has 2 aliphatic rings. The molecule has 1 saturated heterocycles. The Morgan fingerprint density at radius 2 is 1.44 bits per heavy atom. The molecule has 1 heterocycles. The number of epoxide rings is 1. The molecular formula is C6H12B2O. The Labute approximate surface area is 58.0 Å². The maximum atomic E-state index is 5.42. The van der Waals surface area contributed by atoms with Gasteiger partial charge >= 0.3 is 0 Å². The van der Waals surface area contributed by atoms with Crippen molar-refractivity contribution < 1.29 is 4.74 Å². The lowest BCUT2D eigenvalue weighted by Crippen LogP contribution is -2.15. The van der Waals surface area contributed by atoms with E-state index in [1.807, 2.05) is 0 Å². The van der Waals surface area contributed by atoms with Crippen LogP contribution < -0.4 is 0 Å². The van der Waals surface area contributed by atoms with Crippen molar-refractivity contribution in [1.29, 1.82) is 0 Å². The molecule has 0 spiro atoms. The summed E-state index contributed by atoms with van der Waals surface area (Å²) in [5, 5.41) is 0. The number of ether oxygens (including phenoxy) is 1. The molecule has 0 amide bonds. The van der Waals surface area contributed by atoms with Crippen molar-refractivity contribution in [1.82, 2.24) is 0 Å². The van der Waals surface area contributed by atoms with E-state index in [0.29, 0.717) is 12.2 Å². The fourth-order valence-electron chi connectivity index (χ4n) is 1.79. The molecule has 0 aromatic heterocycles. The van der Waals surface area contributed by atoms with Crippen molar-refractivity contribution in [2.75, 3.05) is 0 Å². The van der Waals surface area contributed by atoms with E-state index < -0.39 is 0 Å². The molecule has 3 heteroatoms. The monoisotopic (exact) mass is 122 g/mol. The Hall–Kier alpha value is 0.0899. The van der Waals surface area contributed by atoms with Crippen LogP contribution in [0.15, 0.2) is 0 Å². The second-order valence-corrected chi connectivity index (χ2v) is 3.64. The summed E-state index contributed by atoms with van der Waals surface area (Å²) in [6.45, 7) is 0. The summed E-state index contributed by atoms with van der Waals surface area (Å²) >= 11 is 0. The van der Waals surface area contributed by atoms with Gasteiger partial charge < -0.3 is 4.74 Å². The Kier molecular flexibility index (Phi) is 1.16. The van der Waals surface area contributed by atoms with Crippen LogP contribution in [0.25, 0.3) is 0 Å². The maximum absolute atomic E-state index is 5.42. The second kappa shape index (κ2) is 1.79. The summed E-state index contributed by atoms with van der Waals surface area (Å²) in [7, 11) is 4.67. The number of hydrogen-bond donors (Lipinski definition) is 0. The Balaban J connectivity index is 1.98. The van der Waals surface area contributed by atoms with Gasteiger partial charge in [0.05, 0.1) is 12.2 Å². The van der Waals surface area contributed by atoms with Crippen LogP contribution in [-0.4, -0.2) is 27.9 Å². The zero-order valence-corrected chi connectivity index (χ0v) is 6.13. The lowest BCUT2D eigenvalue weighted by Gasteiger charge is -2.21. The second-order valence-electron chi connectivity index (χ2n) is 3.64. The molecule has 1 nitrogen and oxygen atoms in total. The van der Waals surface area contributed by atoms with Crippen LogP contribution in [0.1, 0.15) is 12.8 Å². The smallest absolute Gasteiger partial charge is 0.104 e. The van der Waals surface area contributed by atoms with Gasteiger partial charge in [-0.25, -0.2) is 0 Å². The van der Waals surface area contributed by atoms with Gasteiger partial charge in [-0.2, -0.15) is 0 Å². The highest BCUT2D eigenvalue weighted by Gasteiger charge is 2.45. The third kappa shape index (κ3) is 0.917. The summed E-state index contributed by atoms with van der Waals surface area (Å²) in [4.78, 5) is 0. The summed E-state index contributed by atoms with van der Waals surface area (Å²) in [5.41, 5.74) is 0. The number of hydrogen-bond acceptors (Lipinski definition) is 1. The first-order valence-electron chi connectivity index (χ1n) is 3.93. The van der Waals surface area contributed by atoms with Crippen molar-refractivity contribution in [3.05, 3.63) is 0 Å². The van der Waals surface area contributed by atoms with Gasteiger partial charge in [0.15, 0.2) is 0 Å². The van der Waals surface area contributed by atoms with Crippen LogP contribution in [0.5, 0.6) is 0 Å². The lowest BCUT2D eigenvalue weighted by atomic mass is 9.60. The standard InChI is InChI=1S/C6H12B2O/c7-3-1-5-6(9-5)2-4(3)8/h3-6H,1-2,7-8H2. The summed E-state index contributed by atoms with van der Waals surface area (Å²) < 4.78 is 5.42. The molecule has 0 N–H and O–H groups in total. The molecule has 48 valence electrons. The van der Waals surface area contributed by atoms with Gasteiger partial charge in [-0.05, 0) is 12.8 Å². The predicted octanol–water partition coefficient (Wildman–Crippen LogP) is -0.609. The van der Waals surface area contributed by atoms with Gasteiger partial charge in [-0.15, -0.1) is 0 Å². The SMILES string of the molecule is BC1CC2OC2CC1B. The molecule has 1 aliphatic heterocycles. The van der Waals surface area contributed by atoms with Gasteiger partial charge in [0.2, 0.25) is 0 Å². The minimum Gasteiger partial charge on any atom is -0.370 e. The van der Waals surface area contributed by atoms with Crippen LogP contribution >= 0.6 is 0 Å². The molecule has 0 aromatic rings. The first kappa shape index (κ1) is 5.84. The molecule has 2 rings (SSSR count). The van der Waals surface area contributed by atoms with Crippen LogP contribution in [0.3, 0.4) is 0 Å². The Morgan fingerprint density at radius 1 is 1.00 bits per heavy atom. The third-order valence-corrected chi connectivity index (χ3v) is 2.87. The molecule has 2 fully saturated rings. The first-order chi connectivity index (χ1) is 4.27. The molecule has 9 heavy (non-hydrogen) atoms. The number of rotatable bonds is 0. The van der Waals surface area contributed by atoms with E-state index in [1.165, 1.54) is 12.8 Å². The van der Waals surface area contributed by atoms with E-state index >= 15 is 0 Å². The van der Waals surface area contributed by atoms with Crippen LogP contribution in [0.4, 0.5) is 0 Å². The average Bonchev–Trinajstić information content (AvgIpc) is 2.46. The van der Waals surface area contributed by atoms with Crippen LogP contribution in [-0.2, 0) is 4.74 Å². The van der Waals surface area contributed by atoms with Gasteiger partial charge in [0.25, 0.3) is 0 Å². The highest BCUT2D eigenvalue weighted by molar-refractivity contribution is 6.21. The molecule has 4 unspecified atom stereocenters. The summed E-state index contributed by atoms with van der Waals surface area (Å²) in [6, 6.07) is 0. The lowest BCUT2D eigenvalue weighted by molar-refractivity contribution is 0.373. The normalized spacial score (nSPS) is 56.4. The van der Waals surface area contributed by atoms with Gasteiger partial charge in [-0.3, -0.25) is 0 Å². The molecule has 1 saturated carbocycles. The molecular weight excluding hydrogens is 110 g/mol. The number of fused-ring (bicyclic) bond motifs is 1. The van der Waals surface area contributed by atoms with Crippen molar-refractivity contribution in [2.24, 2.45) is 0 Å². The zero-order valence-electron chi connectivity index (χ0n) is 6.13. The van der Waals surface area contributed by atoms with E-state index in [0.717, 1.165) is 11.6 Å². The van der Waals surface area contributed by atoms with E-state index in [2.05, 4.69) is 15.7 Å². The minimum absolute atomic E-state index is 0.663. The van der Waals surface area contributed by atoms with Crippen LogP contribution in [0, 0.1) is 0 Å². The van der Waals surface area contributed by atoms with Crippen molar-refractivity contribution >= 4 is 15.7 Å². The van der Waals surface area contributed by atoms with Crippen molar-refractivity contribution in [3.63, 3.8) is 0 Å². The average molecular weight is 122 g/mol. The highest BCUT2D eigenvalue weighted by atomic mass is 16.6. The Bertz CT molecular complexity index is 114. The predicted molar refractivity (Wildman–Crippen MR) is 42.5 cm³/mol. The largest absolute Gasteiger partial charge is 0.370 e. The van der Waals surface area contributed by atoms with Crippen LogP contribution in [0.2, 0.25) is 11.6 Å². The van der Waals surface area contributed by atoms with E-state index in [1.54, 1.807) is 0 Å². The van der Waals surface area contributed by atoms with Gasteiger partial charge in [-0.1, -0.05) is 11.6 Å². The molecule has 0 aromatic carbocycles. The topological polar surface area (TPSA) is 12.5 Å². The highest BCUT2D eigenvalue weighted by Crippen LogP contribution is 2.45. The first-order valence-corrected chi connectivity index (χ1v) is 3.93. The summed E-state index contributed by atoms with van der Waals surface area (Å²) in [5.74, 6) is 1.79. The van der Waals surface area contributed by atoms with Gasteiger partial charge in [0, 0.05) is 0 Å². The van der Waals surface area contributed by atoms with E-state index in [9.17, 15) is 0 Å². The van der Waals surface area contributed by atoms with E-state index in [-0.39, 0.29) is 0 Å². The maximum Gasteiger partial charge on any atom is 0.104 e. The minimum atomic E-state index is 0.663. The zero-order chi connectivity index (χ0) is 6.43. The van der Waals surface area contributed by atoms with E-state index in [4.69, 9.17) is 4.74 Å². The quantitative estimate of drug-likeness (QED) is 0.308.